The van der Waals surface area contributed by atoms with Crippen LogP contribution in [0.4, 0.5) is 8.78 Å². The Kier molecular flexibility index (Phi) is 5.88. The Balaban J connectivity index is 1.79. The summed E-state index contributed by atoms with van der Waals surface area (Å²) in [5.41, 5.74) is -2.01. The van der Waals surface area contributed by atoms with Crippen molar-refractivity contribution in [3.63, 3.8) is 0 Å². The van der Waals surface area contributed by atoms with Gasteiger partial charge in [0.25, 0.3) is 11.8 Å². The Labute approximate surface area is 139 Å². The van der Waals surface area contributed by atoms with Crippen LogP contribution in [0.5, 0.6) is 0 Å². The minimum atomic E-state index is -1.36. The number of hydrogen-bond donors (Lipinski definition) is 3. The minimum absolute atomic E-state index is 0.00559. The molecule has 0 radical (unpaired) electrons. The number of nitrogens with one attached hydrogen (secondary N) is 2. The third-order valence-corrected chi connectivity index (χ3v) is 4.48. The van der Waals surface area contributed by atoms with Crippen molar-refractivity contribution in [2.24, 2.45) is 5.92 Å². The van der Waals surface area contributed by atoms with Crippen LogP contribution in [-0.4, -0.2) is 35.6 Å². The molecule has 0 aromatic heterocycles. The van der Waals surface area contributed by atoms with Gasteiger partial charge in [-0.2, -0.15) is 0 Å². The van der Waals surface area contributed by atoms with E-state index in [0.29, 0.717) is 18.8 Å². The fourth-order valence-electron chi connectivity index (χ4n) is 3.00. The molecule has 132 valence electrons. The van der Waals surface area contributed by atoms with Gasteiger partial charge >= 0.3 is 0 Å². The lowest BCUT2D eigenvalue weighted by Crippen LogP contribution is -2.47. The van der Waals surface area contributed by atoms with Crippen LogP contribution in [0.3, 0.4) is 0 Å². The van der Waals surface area contributed by atoms with Crippen LogP contribution < -0.4 is 10.6 Å². The predicted molar refractivity (Wildman–Crippen MR) is 84.3 cm³/mol. The first-order valence-corrected chi connectivity index (χ1v) is 8.10. The van der Waals surface area contributed by atoms with Gasteiger partial charge in [0.1, 0.15) is 22.8 Å². The summed E-state index contributed by atoms with van der Waals surface area (Å²) >= 11 is 0. The second-order valence-corrected chi connectivity index (χ2v) is 6.16. The van der Waals surface area contributed by atoms with Crippen LogP contribution in [0, 0.1) is 17.6 Å². The van der Waals surface area contributed by atoms with E-state index in [-0.39, 0.29) is 13.1 Å². The highest BCUT2D eigenvalue weighted by Gasteiger charge is 2.42. The van der Waals surface area contributed by atoms with E-state index in [0.717, 1.165) is 25.0 Å². The molecule has 0 saturated heterocycles. The van der Waals surface area contributed by atoms with Crippen molar-refractivity contribution in [2.75, 3.05) is 13.1 Å². The third-order valence-electron chi connectivity index (χ3n) is 4.48. The van der Waals surface area contributed by atoms with E-state index in [9.17, 15) is 23.5 Å². The molecule has 1 aromatic rings. The molecule has 1 aromatic carbocycles. The van der Waals surface area contributed by atoms with Gasteiger partial charge in [0, 0.05) is 13.1 Å². The zero-order valence-electron chi connectivity index (χ0n) is 13.6. The smallest absolute Gasteiger partial charge is 0.257 e. The van der Waals surface area contributed by atoms with Crippen molar-refractivity contribution in [3.8, 4) is 0 Å². The summed E-state index contributed by atoms with van der Waals surface area (Å²) in [4.78, 5) is 23.8. The van der Waals surface area contributed by atoms with Crippen LogP contribution in [0.15, 0.2) is 18.2 Å². The van der Waals surface area contributed by atoms with Gasteiger partial charge in [-0.15, -0.1) is 0 Å². The van der Waals surface area contributed by atoms with Gasteiger partial charge in [-0.3, -0.25) is 9.59 Å². The van der Waals surface area contributed by atoms with Gasteiger partial charge in [-0.25, -0.2) is 8.78 Å². The van der Waals surface area contributed by atoms with E-state index in [1.807, 2.05) is 6.92 Å². The number of rotatable bonds is 6. The molecule has 0 bridgehead atoms. The normalized spacial score (nSPS) is 23.1. The maximum Gasteiger partial charge on any atom is 0.257 e. The maximum absolute atomic E-state index is 13.5. The number of amides is 2. The molecule has 0 heterocycles. The molecule has 2 atom stereocenters. The van der Waals surface area contributed by atoms with E-state index in [1.165, 1.54) is 6.07 Å². The molecular weight excluding hydrogens is 318 g/mol. The first kappa shape index (κ1) is 18.3. The Morgan fingerprint density at radius 2 is 1.88 bits per heavy atom. The lowest BCUT2D eigenvalue weighted by molar-refractivity contribution is -0.139. The van der Waals surface area contributed by atoms with Crippen LogP contribution in [0.25, 0.3) is 0 Å². The van der Waals surface area contributed by atoms with Gasteiger partial charge in [-0.1, -0.05) is 19.4 Å². The molecule has 3 N–H and O–H groups in total. The molecule has 1 saturated carbocycles. The summed E-state index contributed by atoms with van der Waals surface area (Å²) in [6, 6.07) is 3.17. The average molecular weight is 340 g/mol. The highest BCUT2D eigenvalue weighted by molar-refractivity contribution is 5.94. The molecule has 1 aliphatic carbocycles. The van der Waals surface area contributed by atoms with Gasteiger partial charge in [0.2, 0.25) is 0 Å². The molecule has 1 fully saturated rings. The van der Waals surface area contributed by atoms with Crippen molar-refractivity contribution in [2.45, 2.75) is 38.2 Å². The number of halogens is 2. The second kappa shape index (κ2) is 7.70. The van der Waals surface area contributed by atoms with Crippen LogP contribution in [0.1, 0.15) is 43.0 Å². The van der Waals surface area contributed by atoms with Crippen LogP contribution in [-0.2, 0) is 4.79 Å². The fourth-order valence-corrected chi connectivity index (χ4v) is 3.00. The minimum Gasteiger partial charge on any atom is -0.380 e. The number of carbonyl (C=O) groups excluding carboxylic acids is 2. The van der Waals surface area contributed by atoms with Gasteiger partial charge in [0.15, 0.2) is 0 Å². The zero-order valence-corrected chi connectivity index (χ0v) is 13.6. The van der Waals surface area contributed by atoms with Gasteiger partial charge in [0.05, 0.1) is 0 Å². The molecule has 0 spiro atoms. The first-order chi connectivity index (χ1) is 11.4. The number of hydrogen-bond acceptors (Lipinski definition) is 3. The highest BCUT2D eigenvalue weighted by Crippen LogP contribution is 2.36. The summed E-state index contributed by atoms with van der Waals surface area (Å²) in [6.07, 6.45) is 2.58. The molecule has 1 aliphatic rings. The molecule has 2 unspecified atom stereocenters. The van der Waals surface area contributed by atoms with Crippen molar-refractivity contribution in [1.82, 2.24) is 10.6 Å². The second-order valence-electron chi connectivity index (χ2n) is 6.16. The largest absolute Gasteiger partial charge is 0.380 e. The number of benzene rings is 1. The standard InChI is InChI=1S/C17H22F2N2O3/c1-2-11-6-7-17(24,10-11)16(23)21-9-8-20-15(22)14-12(18)4-3-5-13(14)19/h3-5,11,24H,2,6-10H2,1H3,(H,20,22)(H,21,23). The van der Waals surface area contributed by atoms with E-state index in [1.54, 1.807) is 0 Å². The van der Waals surface area contributed by atoms with Crippen molar-refractivity contribution >= 4 is 11.8 Å². The van der Waals surface area contributed by atoms with E-state index in [4.69, 9.17) is 0 Å². The third kappa shape index (κ3) is 4.08. The van der Waals surface area contributed by atoms with Crippen molar-refractivity contribution < 1.29 is 23.5 Å². The summed E-state index contributed by atoms with van der Waals surface area (Å²) in [5, 5.41) is 15.2. The van der Waals surface area contributed by atoms with Gasteiger partial charge < -0.3 is 15.7 Å². The van der Waals surface area contributed by atoms with Gasteiger partial charge in [-0.05, 0) is 37.3 Å². The lowest BCUT2D eigenvalue weighted by Gasteiger charge is -2.21. The number of carbonyl (C=O) groups is 2. The Hall–Kier alpha value is -2.02. The maximum atomic E-state index is 13.5. The highest BCUT2D eigenvalue weighted by atomic mass is 19.1. The Morgan fingerprint density at radius 3 is 2.46 bits per heavy atom. The molecule has 0 aliphatic heterocycles. The molecular formula is C17H22F2N2O3. The topological polar surface area (TPSA) is 78.4 Å². The molecule has 7 heteroatoms. The summed E-state index contributed by atoms with van der Waals surface area (Å²) < 4.78 is 26.9. The summed E-state index contributed by atoms with van der Waals surface area (Å²) in [6.45, 7) is 2.09. The van der Waals surface area contributed by atoms with E-state index in [2.05, 4.69) is 10.6 Å². The SMILES string of the molecule is CCC1CCC(O)(C(=O)NCCNC(=O)c2c(F)cccc2F)C1. The first-order valence-electron chi connectivity index (χ1n) is 8.10. The lowest BCUT2D eigenvalue weighted by atomic mass is 9.98. The van der Waals surface area contributed by atoms with Crippen molar-refractivity contribution in [3.05, 3.63) is 35.4 Å². The summed E-state index contributed by atoms with van der Waals surface area (Å²) in [5.74, 6) is -2.90. The molecule has 2 rings (SSSR count). The molecule has 5 nitrogen and oxygen atoms in total. The fraction of sp³-hybridized carbons (Fsp3) is 0.529. The molecule has 2 amide bonds. The quantitative estimate of drug-likeness (QED) is 0.691. The Morgan fingerprint density at radius 1 is 1.25 bits per heavy atom. The van der Waals surface area contributed by atoms with Crippen molar-refractivity contribution in [1.29, 1.82) is 0 Å². The van der Waals surface area contributed by atoms with E-state index < -0.39 is 34.6 Å². The van der Waals surface area contributed by atoms with Crippen LogP contribution in [0.2, 0.25) is 0 Å². The monoisotopic (exact) mass is 340 g/mol. The van der Waals surface area contributed by atoms with E-state index >= 15 is 0 Å². The van der Waals surface area contributed by atoms with Crippen LogP contribution >= 0.6 is 0 Å². The predicted octanol–water partition coefficient (Wildman–Crippen LogP) is 1.75. The summed E-state index contributed by atoms with van der Waals surface area (Å²) in [7, 11) is 0. The average Bonchev–Trinajstić information content (AvgIpc) is 2.94. The Bertz CT molecular complexity index is 604. The zero-order chi connectivity index (χ0) is 17.7. The number of aliphatic hydroxyl groups is 1. The molecule has 24 heavy (non-hydrogen) atoms.